The minimum absolute atomic E-state index is 0.0634. The third kappa shape index (κ3) is 4.27. The monoisotopic (exact) mass is 473 g/mol. The first-order chi connectivity index (χ1) is 16.0. The lowest BCUT2D eigenvalue weighted by molar-refractivity contribution is -0.118. The lowest BCUT2D eigenvalue weighted by Crippen LogP contribution is -2.29. The number of amides is 3. The van der Waals surface area contributed by atoms with Crippen LogP contribution in [-0.2, 0) is 11.3 Å². The summed E-state index contributed by atoms with van der Waals surface area (Å²) in [6.07, 6.45) is 0. The van der Waals surface area contributed by atoms with Crippen LogP contribution in [-0.4, -0.2) is 28.5 Å². The van der Waals surface area contributed by atoms with E-state index in [-0.39, 0.29) is 23.5 Å². The number of imide groups is 1. The van der Waals surface area contributed by atoms with Crippen molar-refractivity contribution in [2.24, 2.45) is 0 Å². The number of anilines is 1. The van der Waals surface area contributed by atoms with Gasteiger partial charge in [0.15, 0.2) is 4.34 Å². The van der Waals surface area contributed by atoms with Crippen LogP contribution in [0.25, 0.3) is 10.2 Å². The van der Waals surface area contributed by atoms with Gasteiger partial charge < -0.3 is 5.32 Å². The number of benzene rings is 3. The summed E-state index contributed by atoms with van der Waals surface area (Å²) < 4.78 is 1.61. The Bertz CT molecular complexity index is 1360. The van der Waals surface area contributed by atoms with Crippen molar-refractivity contribution in [3.8, 4) is 0 Å². The number of aromatic nitrogens is 1. The van der Waals surface area contributed by atoms with E-state index in [0.29, 0.717) is 23.4 Å². The molecule has 1 N–H and O–H groups in total. The van der Waals surface area contributed by atoms with E-state index >= 15 is 0 Å². The summed E-state index contributed by atoms with van der Waals surface area (Å²) in [4.78, 5) is 43.5. The number of thioether (sulfide) groups is 1. The summed E-state index contributed by atoms with van der Waals surface area (Å²) in [5.41, 5.74) is 4.36. The second-order valence-electron chi connectivity index (χ2n) is 7.67. The van der Waals surface area contributed by atoms with Gasteiger partial charge in [0, 0.05) is 6.54 Å². The van der Waals surface area contributed by atoms with Crippen molar-refractivity contribution in [1.82, 2.24) is 10.3 Å². The van der Waals surface area contributed by atoms with Crippen molar-refractivity contribution < 1.29 is 14.4 Å². The molecule has 0 saturated heterocycles. The number of fused-ring (bicyclic) bond motifs is 2. The molecule has 0 spiro atoms. The zero-order chi connectivity index (χ0) is 22.9. The highest BCUT2D eigenvalue weighted by Crippen LogP contribution is 2.34. The molecule has 5 rings (SSSR count). The molecule has 3 aromatic carbocycles. The fourth-order valence-electron chi connectivity index (χ4n) is 3.60. The highest BCUT2D eigenvalue weighted by atomic mass is 32.2. The molecule has 1 aromatic heterocycles. The van der Waals surface area contributed by atoms with Crippen LogP contribution in [0.15, 0.2) is 71.1 Å². The molecule has 0 aliphatic carbocycles. The summed E-state index contributed by atoms with van der Waals surface area (Å²) in [5.74, 6) is -0.443. The van der Waals surface area contributed by atoms with Crippen LogP contribution in [0, 0.1) is 6.92 Å². The molecular weight excluding hydrogens is 454 g/mol. The maximum absolute atomic E-state index is 12.8. The van der Waals surface area contributed by atoms with Crippen LogP contribution < -0.4 is 10.2 Å². The van der Waals surface area contributed by atoms with Gasteiger partial charge in [0.25, 0.3) is 11.8 Å². The molecule has 1 aliphatic heterocycles. The zero-order valence-corrected chi connectivity index (χ0v) is 19.3. The summed E-state index contributed by atoms with van der Waals surface area (Å²) in [6, 6.07) is 20.2. The molecule has 0 unspecified atom stereocenters. The Morgan fingerprint density at radius 1 is 1.00 bits per heavy atom. The third-order valence-electron chi connectivity index (χ3n) is 5.34. The summed E-state index contributed by atoms with van der Waals surface area (Å²) in [6.45, 7) is 2.52. The Hall–Kier alpha value is -3.49. The second-order valence-corrected chi connectivity index (χ2v) is 9.93. The van der Waals surface area contributed by atoms with Crippen molar-refractivity contribution in [1.29, 1.82) is 0 Å². The van der Waals surface area contributed by atoms with Crippen molar-refractivity contribution in [3.63, 3.8) is 0 Å². The topological polar surface area (TPSA) is 79.4 Å². The summed E-state index contributed by atoms with van der Waals surface area (Å²) in [7, 11) is 0. The standard InChI is InChI=1S/C25H19N3O3S2/c1-15-6-8-16(9-7-15)13-26-22(29)14-32-25-27-20-11-10-17(12-21(20)33-25)28-23(30)18-4-2-3-5-19(18)24(28)31/h2-12H,13-14H2,1H3,(H,26,29). The first kappa shape index (κ1) is 21.4. The molecule has 4 aromatic rings. The van der Waals surface area contributed by atoms with Gasteiger partial charge in [0.2, 0.25) is 5.91 Å². The number of carbonyl (C=O) groups excluding carboxylic acids is 3. The van der Waals surface area contributed by atoms with Crippen molar-refractivity contribution in [3.05, 3.63) is 89.0 Å². The quantitative estimate of drug-likeness (QED) is 0.321. The number of rotatable bonds is 6. The predicted molar refractivity (Wildman–Crippen MR) is 131 cm³/mol. The van der Waals surface area contributed by atoms with Gasteiger partial charge in [-0.2, -0.15) is 0 Å². The minimum Gasteiger partial charge on any atom is -0.351 e. The second kappa shape index (κ2) is 8.80. The zero-order valence-electron chi connectivity index (χ0n) is 17.7. The SMILES string of the molecule is Cc1ccc(CNC(=O)CSc2nc3ccc(N4C(=O)c5ccccc5C4=O)cc3s2)cc1. The number of nitrogens with one attached hydrogen (secondary N) is 1. The summed E-state index contributed by atoms with van der Waals surface area (Å²) >= 11 is 2.81. The van der Waals surface area contributed by atoms with E-state index < -0.39 is 0 Å². The lowest BCUT2D eigenvalue weighted by atomic mass is 10.1. The molecule has 6 nitrogen and oxygen atoms in total. The van der Waals surface area contributed by atoms with Gasteiger partial charge in [-0.15, -0.1) is 11.3 Å². The number of hydrogen-bond acceptors (Lipinski definition) is 6. The van der Waals surface area contributed by atoms with E-state index in [4.69, 9.17) is 0 Å². The van der Waals surface area contributed by atoms with Crippen LogP contribution in [0.1, 0.15) is 31.8 Å². The van der Waals surface area contributed by atoms with Gasteiger partial charge >= 0.3 is 0 Å². The Balaban J connectivity index is 1.25. The van der Waals surface area contributed by atoms with E-state index in [9.17, 15) is 14.4 Å². The first-order valence-electron chi connectivity index (χ1n) is 10.3. The van der Waals surface area contributed by atoms with Crippen molar-refractivity contribution >= 4 is 56.7 Å². The van der Waals surface area contributed by atoms with Crippen LogP contribution in [0.5, 0.6) is 0 Å². The molecule has 0 saturated carbocycles. The molecular formula is C25H19N3O3S2. The normalized spacial score (nSPS) is 12.9. The maximum atomic E-state index is 12.8. The minimum atomic E-state index is -0.320. The highest BCUT2D eigenvalue weighted by Gasteiger charge is 2.36. The Morgan fingerprint density at radius 2 is 1.70 bits per heavy atom. The predicted octanol–water partition coefficient (Wildman–Crippen LogP) is 4.81. The number of carbonyl (C=O) groups is 3. The molecule has 3 amide bonds. The van der Waals surface area contributed by atoms with Crippen molar-refractivity contribution in [2.75, 3.05) is 10.7 Å². The Kier molecular flexibility index (Phi) is 5.70. The van der Waals surface area contributed by atoms with Crippen LogP contribution >= 0.6 is 23.1 Å². The molecule has 0 radical (unpaired) electrons. The number of nitrogens with zero attached hydrogens (tertiary/aromatic N) is 2. The smallest absolute Gasteiger partial charge is 0.266 e. The van der Waals surface area contributed by atoms with Crippen LogP contribution in [0.2, 0.25) is 0 Å². The molecule has 0 bridgehead atoms. The number of hydrogen-bond donors (Lipinski definition) is 1. The average molecular weight is 474 g/mol. The summed E-state index contributed by atoms with van der Waals surface area (Å²) in [5, 5.41) is 2.92. The molecule has 1 aliphatic rings. The molecule has 0 atom stereocenters. The third-order valence-corrected chi connectivity index (χ3v) is 7.50. The molecule has 164 valence electrons. The van der Waals surface area contributed by atoms with E-state index in [0.717, 1.165) is 20.1 Å². The lowest BCUT2D eigenvalue weighted by Gasteiger charge is -2.13. The first-order valence-corrected chi connectivity index (χ1v) is 12.1. The van der Waals surface area contributed by atoms with E-state index in [1.165, 1.54) is 33.6 Å². The maximum Gasteiger partial charge on any atom is 0.266 e. The molecule has 8 heteroatoms. The van der Waals surface area contributed by atoms with Gasteiger partial charge in [0.1, 0.15) is 0 Å². The van der Waals surface area contributed by atoms with Gasteiger partial charge in [-0.05, 0) is 42.8 Å². The Labute approximate surface area is 198 Å². The number of aryl methyl sites for hydroxylation is 1. The molecule has 2 heterocycles. The van der Waals surface area contributed by atoms with Gasteiger partial charge in [0.05, 0.1) is 32.8 Å². The van der Waals surface area contributed by atoms with Crippen molar-refractivity contribution in [2.45, 2.75) is 17.8 Å². The fraction of sp³-hybridized carbons (Fsp3) is 0.120. The van der Waals surface area contributed by atoms with Crippen LogP contribution in [0.4, 0.5) is 5.69 Å². The largest absolute Gasteiger partial charge is 0.351 e. The highest BCUT2D eigenvalue weighted by molar-refractivity contribution is 8.01. The molecule has 0 fully saturated rings. The van der Waals surface area contributed by atoms with E-state index in [1.807, 2.05) is 31.2 Å². The molecule has 33 heavy (non-hydrogen) atoms. The van der Waals surface area contributed by atoms with Gasteiger partial charge in [-0.3, -0.25) is 14.4 Å². The van der Waals surface area contributed by atoms with Gasteiger partial charge in [-0.1, -0.05) is 53.7 Å². The number of thiazole rings is 1. The van der Waals surface area contributed by atoms with E-state index in [2.05, 4.69) is 10.3 Å². The Morgan fingerprint density at radius 3 is 2.39 bits per heavy atom. The fourth-order valence-corrected chi connectivity index (χ4v) is 5.53. The van der Waals surface area contributed by atoms with Crippen LogP contribution in [0.3, 0.4) is 0 Å². The average Bonchev–Trinajstić information content (AvgIpc) is 3.35. The van der Waals surface area contributed by atoms with Gasteiger partial charge in [-0.25, -0.2) is 9.88 Å². The van der Waals surface area contributed by atoms with E-state index in [1.54, 1.807) is 42.5 Å².